The highest BCUT2D eigenvalue weighted by Gasteiger charge is 2.28. The number of unbranched alkanes of at least 4 members (excludes halogenated alkanes) is 25. The van der Waals surface area contributed by atoms with Crippen molar-refractivity contribution >= 4 is 25.7 Å². The van der Waals surface area contributed by atoms with Gasteiger partial charge in [-0.3, -0.25) is 23.4 Å². The second-order valence-corrected chi connectivity index (χ2v) is 15.6. The highest BCUT2D eigenvalue weighted by atomic mass is 31.2. The summed E-state index contributed by atoms with van der Waals surface area (Å²) in [5, 5.41) is 8.86. The van der Waals surface area contributed by atoms with Gasteiger partial charge >= 0.3 is 25.7 Å². The van der Waals surface area contributed by atoms with E-state index in [0.29, 0.717) is 12.8 Å². The molecule has 0 aromatic rings. The van der Waals surface area contributed by atoms with Crippen LogP contribution in [0.3, 0.4) is 0 Å². The lowest BCUT2D eigenvalue weighted by Gasteiger charge is -2.20. The van der Waals surface area contributed by atoms with E-state index in [1.165, 1.54) is 122 Å². The lowest BCUT2D eigenvalue weighted by molar-refractivity contribution is -0.161. The van der Waals surface area contributed by atoms with Crippen molar-refractivity contribution in [3.05, 3.63) is 0 Å². The Bertz CT molecular complexity index is 890. The largest absolute Gasteiger partial charge is 0.480 e. The van der Waals surface area contributed by atoms with E-state index in [0.717, 1.165) is 38.5 Å². The SMILES string of the molecule is CCCCCCCCCCCCCCCCCCCCC(=O)OC(COC(=O)CCCCCCCCCCC)COP(=O)(O)OCC(N)C(=O)O. The molecule has 0 fully saturated rings. The molecule has 0 aromatic carbocycles. The summed E-state index contributed by atoms with van der Waals surface area (Å²) in [4.78, 5) is 45.7. The fraction of sp³-hybridized carbons (Fsp3) is 0.923. The van der Waals surface area contributed by atoms with Crippen LogP contribution in [-0.4, -0.2) is 59.9 Å². The average Bonchev–Trinajstić information content (AvgIpc) is 3.10. The van der Waals surface area contributed by atoms with Gasteiger partial charge in [-0.2, -0.15) is 0 Å². The van der Waals surface area contributed by atoms with E-state index in [9.17, 15) is 23.8 Å². The molecule has 0 radical (unpaired) electrons. The predicted octanol–water partition coefficient (Wildman–Crippen LogP) is 10.3. The number of ether oxygens (including phenoxy) is 2. The van der Waals surface area contributed by atoms with E-state index in [1.54, 1.807) is 0 Å². The smallest absolute Gasteiger partial charge is 0.472 e. The van der Waals surface area contributed by atoms with Crippen molar-refractivity contribution in [3.63, 3.8) is 0 Å². The number of phosphoric ester groups is 1. The molecular weight excluding hydrogens is 673 g/mol. The van der Waals surface area contributed by atoms with Gasteiger partial charge in [-0.15, -0.1) is 0 Å². The molecule has 4 N–H and O–H groups in total. The van der Waals surface area contributed by atoms with Crippen molar-refractivity contribution in [3.8, 4) is 0 Å². The number of carboxylic acid groups (broad SMARTS) is 1. The van der Waals surface area contributed by atoms with Crippen molar-refractivity contribution in [2.24, 2.45) is 5.73 Å². The minimum Gasteiger partial charge on any atom is -0.480 e. The number of phosphoric acid groups is 1. The Kier molecular flexibility index (Phi) is 34.4. The van der Waals surface area contributed by atoms with Gasteiger partial charge in [-0.1, -0.05) is 174 Å². The topological polar surface area (TPSA) is 172 Å². The maximum Gasteiger partial charge on any atom is 0.472 e. The summed E-state index contributed by atoms with van der Waals surface area (Å²) in [6, 6.07) is -1.51. The van der Waals surface area contributed by atoms with Crippen molar-refractivity contribution < 1.29 is 47.5 Å². The summed E-state index contributed by atoms with van der Waals surface area (Å²) in [6.07, 6.45) is 31.8. The predicted molar refractivity (Wildman–Crippen MR) is 203 cm³/mol. The van der Waals surface area contributed by atoms with E-state index >= 15 is 0 Å². The van der Waals surface area contributed by atoms with Gasteiger partial charge in [0.1, 0.15) is 12.6 Å². The molecule has 0 bridgehead atoms. The molecule has 0 rings (SSSR count). The minimum absolute atomic E-state index is 0.169. The molecule has 0 saturated carbocycles. The van der Waals surface area contributed by atoms with Crippen LogP contribution >= 0.6 is 7.82 Å². The zero-order valence-corrected chi connectivity index (χ0v) is 33.4. The number of carbonyl (C=O) groups is 3. The van der Waals surface area contributed by atoms with Crippen molar-refractivity contribution in [2.45, 2.75) is 212 Å². The molecule has 11 nitrogen and oxygen atoms in total. The summed E-state index contributed by atoms with van der Waals surface area (Å²) < 4.78 is 32.6. The number of carbonyl (C=O) groups excluding carboxylic acids is 2. The fourth-order valence-electron chi connectivity index (χ4n) is 5.83. The van der Waals surface area contributed by atoms with Crippen molar-refractivity contribution in [1.29, 1.82) is 0 Å². The standard InChI is InChI=1S/C39H76NO10P/c1-3-5-7-9-11-13-14-15-16-17-18-19-20-21-23-25-27-29-31-38(42)50-35(33-48-51(45,46)49-34-36(40)39(43)44)32-47-37(41)30-28-26-24-22-12-10-8-6-4-2/h35-36H,3-34,40H2,1-2H3,(H,43,44)(H,45,46). The number of hydrogen-bond acceptors (Lipinski definition) is 9. The highest BCUT2D eigenvalue weighted by molar-refractivity contribution is 7.47. The van der Waals surface area contributed by atoms with Gasteiger partial charge < -0.3 is 25.2 Å². The first kappa shape index (κ1) is 49.5. The molecule has 0 spiro atoms. The zero-order valence-electron chi connectivity index (χ0n) is 32.5. The van der Waals surface area contributed by atoms with E-state index in [-0.39, 0.29) is 19.4 Å². The Morgan fingerprint density at radius 1 is 0.529 bits per heavy atom. The Hall–Kier alpha value is -1.52. The Morgan fingerprint density at radius 2 is 0.863 bits per heavy atom. The zero-order chi connectivity index (χ0) is 37.8. The molecule has 3 atom stereocenters. The summed E-state index contributed by atoms with van der Waals surface area (Å²) in [6.45, 7) is 2.79. The van der Waals surface area contributed by atoms with Crippen LogP contribution in [0, 0.1) is 0 Å². The van der Waals surface area contributed by atoms with Crippen LogP contribution in [0.5, 0.6) is 0 Å². The molecule has 0 aromatic heterocycles. The molecule has 3 unspecified atom stereocenters. The van der Waals surface area contributed by atoms with E-state index in [1.807, 2.05) is 0 Å². The summed E-state index contributed by atoms with van der Waals surface area (Å²) in [5.41, 5.74) is 5.32. The molecule has 51 heavy (non-hydrogen) atoms. The number of carboxylic acids is 1. The quantitative estimate of drug-likeness (QED) is 0.0310. The molecule has 302 valence electrons. The number of aliphatic carboxylic acids is 1. The third kappa shape index (κ3) is 35.3. The average molecular weight is 750 g/mol. The molecular formula is C39H76NO10P. The van der Waals surface area contributed by atoms with Gasteiger partial charge in [0, 0.05) is 12.8 Å². The first-order chi connectivity index (χ1) is 24.6. The lowest BCUT2D eigenvalue weighted by atomic mass is 10.0. The van der Waals surface area contributed by atoms with Gasteiger partial charge in [-0.05, 0) is 12.8 Å². The molecule has 0 aliphatic heterocycles. The monoisotopic (exact) mass is 750 g/mol. The Balaban J connectivity index is 4.29. The van der Waals surface area contributed by atoms with Gasteiger partial charge in [0.2, 0.25) is 0 Å². The van der Waals surface area contributed by atoms with Crippen LogP contribution in [0.25, 0.3) is 0 Å². The first-order valence-corrected chi connectivity index (χ1v) is 22.1. The van der Waals surface area contributed by atoms with Crippen LogP contribution in [0.15, 0.2) is 0 Å². The van der Waals surface area contributed by atoms with Crippen LogP contribution in [0.1, 0.15) is 200 Å². The van der Waals surface area contributed by atoms with Crippen LogP contribution < -0.4 is 5.73 Å². The lowest BCUT2D eigenvalue weighted by Crippen LogP contribution is -2.34. The number of hydrogen-bond donors (Lipinski definition) is 3. The van der Waals surface area contributed by atoms with Crippen LogP contribution in [-0.2, 0) is 37.5 Å². The summed E-state index contributed by atoms with van der Waals surface area (Å²) >= 11 is 0. The second-order valence-electron chi connectivity index (χ2n) is 14.1. The summed E-state index contributed by atoms with van der Waals surface area (Å²) in [5.74, 6) is -2.37. The van der Waals surface area contributed by atoms with Crippen molar-refractivity contribution in [1.82, 2.24) is 0 Å². The highest BCUT2D eigenvalue weighted by Crippen LogP contribution is 2.43. The first-order valence-electron chi connectivity index (χ1n) is 20.6. The van der Waals surface area contributed by atoms with Gasteiger partial charge in [-0.25, -0.2) is 4.57 Å². The van der Waals surface area contributed by atoms with E-state index in [4.69, 9.17) is 24.8 Å². The third-order valence-corrected chi connectivity index (χ3v) is 10.1. The fourth-order valence-corrected chi connectivity index (χ4v) is 6.61. The molecule has 0 aliphatic carbocycles. The maximum atomic E-state index is 12.6. The molecule has 12 heteroatoms. The Morgan fingerprint density at radius 3 is 1.24 bits per heavy atom. The van der Waals surface area contributed by atoms with E-state index < -0.39 is 51.1 Å². The van der Waals surface area contributed by atoms with Crippen molar-refractivity contribution in [2.75, 3.05) is 19.8 Å². The van der Waals surface area contributed by atoms with E-state index in [2.05, 4.69) is 18.4 Å². The number of esters is 2. The van der Waals surface area contributed by atoms with Gasteiger partial charge in [0.05, 0.1) is 13.2 Å². The van der Waals surface area contributed by atoms with Gasteiger partial charge in [0.15, 0.2) is 6.10 Å². The minimum atomic E-state index is -4.70. The molecule has 0 aliphatic rings. The summed E-state index contributed by atoms with van der Waals surface area (Å²) in [7, 11) is -4.70. The number of nitrogens with two attached hydrogens (primary N) is 1. The maximum absolute atomic E-state index is 12.6. The third-order valence-electron chi connectivity index (χ3n) is 9.11. The molecule has 0 amide bonds. The molecule has 0 saturated heterocycles. The normalized spacial score (nSPS) is 13.8. The second kappa shape index (κ2) is 35.5. The van der Waals surface area contributed by atoms with Gasteiger partial charge in [0.25, 0.3) is 0 Å². The number of rotatable bonds is 39. The Labute approximate surface area is 310 Å². The van der Waals surface area contributed by atoms with Crippen LogP contribution in [0.2, 0.25) is 0 Å². The molecule has 0 heterocycles. The van der Waals surface area contributed by atoms with Crippen LogP contribution in [0.4, 0.5) is 0 Å².